The van der Waals surface area contributed by atoms with Gasteiger partial charge in [0, 0.05) is 35.7 Å². The van der Waals surface area contributed by atoms with Crippen molar-refractivity contribution in [2.45, 2.75) is 32.9 Å². The highest BCUT2D eigenvalue weighted by Crippen LogP contribution is 2.23. The lowest BCUT2D eigenvalue weighted by molar-refractivity contribution is 0.0708. The summed E-state index contributed by atoms with van der Waals surface area (Å²) in [7, 11) is 0. The molecule has 1 atom stereocenters. The molecular formula is C15H22BrClN2O2. The Kier molecular flexibility index (Phi) is 6.97. The molecule has 1 aliphatic heterocycles. The van der Waals surface area contributed by atoms with Gasteiger partial charge in [-0.3, -0.25) is 4.79 Å². The lowest BCUT2D eigenvalue weighted by atomic mass is 10.1. The Morgan fingerprint density at radius 2 is 2.14 bits per heavy atom. The minimum absolute atomic E-state index is 0. The summed E-state index contributed by atoms with van der Waals surface area (Å²) >= 11 is 3.44. The fourth-order valence-electron chi connectivity index (χ4n) is 2.33. The number of amides is 1. The van der Waals surface area contributed by atoms with Crippen LogP contribution in [0.5, 0.6) is 5.75 Å². The molecule has 21 heavy (non-hydrogen) atoms. The van der Waals surface area contributed by atoms with Gasteiger partial charge in [0.25, 0.3) is 5.91 Å². The lowest BCUT2D eigenvalue weighted by Gasteiger charge is -2.32. The standard InChI is InChI=1S/C15H21BrN2O2.ClH/c1-10(2)20-14-7-12(6-13(16)8-14)15(19)18-5-4-17-11(3)9-18;/h6-8,10-11,17H,4-5,9H2,1-3H3;1H. The molecular weight excluding hydrogens is 356 g/mol. The number of nitrogens with one attached hydrogen (secondary N) is 1. The van der Waals surface area contributed by atoms with E-state index in [2.05, 4.69) is 28.2 Å². The van der Waals surface area contributed by atoms with Crippen molar-refractivity contribution in [3.8, 4) is 5.75 Å². The van der Waals surface area contributed by atoms with Gasteiger partial charge in [0.15, 0.2) is 0 Å². The smallest absolute Gasteiger partial charge is 0.254 e. The van der Waals surface area contributed by atoms with Gasteiger partial charge in [0.05, 0.1) is 6.10 Å². The number of nitrogens with zero attached hydrogens (tertiary/aromatic N) is 1. The molecule has 0 radical (unpaired) electrons. The van der Waals surface area contributed by atoms with Crippen molar-refractivity contribution in [2.24, 2.45) is 0 Å². The SMILES string of the molecule is CC1CN(C(=O)c2cc(Br)cc(OC(C)C)c2)CCN1.Cl. The minimum Gasteiger partial charge on any atom is -0.491 e. The van der Waals surface area contributed by atoms with Crippen molar-refractivity contribution in [1.29, 1.82) is 0 Å². The molecule has 118 valence electrons. The Morgan fingerprint density at radius 1 is 1.43 bits per heavy atom. The largest absolute Gasteiger partial charge is 0.491 e. The van der Waals surface area contributed by atoms with Crippen LogP contribution in [0.2, 0.25) is 0 Å². The van der Waals surface area contributed by atoms with E-state index < -0.39 is 0 Å². The summed E-state index contributed by atoms with van der Waals surface area (Å²) in [6, 6.07) is 5.89. The van der Waals surface area contributed by atoms with Crippen LogP contribution in [-0.2, 0) is 0 Å². The van der Waals surface area contributed by atoms with Crippen LogP contribution in [-0.4, -0.2) is 42.6 Å². The molecule has 0 spiro atoms. The van der Waals surface area contributed by atoms with E-state index in [0.717, 1.165) is 29.9 Å². The average molecular weight is 378 g/mol. The minimum atomic E-state index is 0. The third kappa shape index (κ3) is 5.16. The summed E-state index contributed by atoms with van der Waals surface area (Å²) < 4.78 is 6.54. The zero-order valence-electron chi connectivity index (χ0n) is 12.6. The van der Waals surface area contributed by atoms with Gasteiger partial charge in [-0.15, -0.1) is 12.4 Å². The van der Waals surface area contributed by atoms with Crippen LogP contribution in [0.4, 0.5) is 0 Å². The van der Waals surface area contributed by atoms with Gasteiger partial charge in [-0.05, 0) is 39.0 Å². The van der Waals surface area contributed by atoms with E-state index in [9.17, 15) is 4.79 Å². The first-order valence-electron chi connectivity index (χ1n) is 6.95. The van der Waals surface area contributed by atoms with Crippen LogP contribution < -0.4 is 10.1 Å². The van der Waals surface area contributed by atoms with Gasteiger partial charge < -0.3 is 15.0 Å². The van der Waals surface area contributed by atoms with Gasteiger partial charge in [-0.1, -0.05) is 15.9 Å². The Morgan fingerprint density at radius 3 is 2.76 bits per heavy atom. The number of carbonyl (C=O) groups excluding carboxylic acids is 1. The molecule has 1 N–H and O–H groups in total. The molecule has 1 unspecified atom stereocenters. The summed E-state index contributed by atoms with van der Waals surface area (Å²) in [6.45, 7) is 8.37. The average Bonchev–Trinajstić information content (AvgIpc) is 2.36. The molecule has 0 saturated carbocycles. The number of carbonyl (C=O) groups is 1. The second-order valence-corrected chi connectivity index (χ2v) is 6.36. The Bertz CT molecular complexity index is 497. The lowest BCUT2D eigenvalue weighted by Crippen LogP contribution is -2.51. The zero-order valence-corrected chi connectivity index (χ0v) is 15.0. The Labute approximate surface area is 140 Å². The van der Waals surface area contributed by atoms with E-state index in [0.29, 0.717) is 11.6 Å². The molecule has 1 heterocycles. The van der Waals surface area contributed by atoms with E-state index >= 15 is 0 Å². The first-order chi connectivity index (χ1) is 9.45. The van der Waals surface area contributed by atoms with Crippen LogP contribution in [0.15, 0.2) is 22.7 Å². The van der Waals surface area contributed by atoms with E-state index in [1.807, 2.05) is 36.9 Å². The van der Waals surface area contributed by atoms with Crippen LogP contribution >= 0.6 is 28.3 Å². The molecule has 1 saturated heterocycles. The van der Waals surface area contributed by atoms with Crippen LogP contribution in [0.25, 0.3) is 0 Å². The quantitative estimate of drug-likeness (QED) is 0.880. The third-order valence-corrected chi connectivity index (χ3v) is 3.60. The van der Waals surface area contributed by atoms with Crippen molar-refractivity contribution in [1.82, 2.24) is 10.2 Å². The summed E-state index contributed by atoms with van der Waals surface area (Å²) in [5, 5.41) is 3.34. The fourth-order valence-corrected chi connectivity index (χ4v) is 2.80. The normalized spacial score (nSPS) is 18.3. The molecule has 6 heteroatoms. The Balaban J connectivity index is 0.00000220. The summed E-state index contributed by atoms with van der Waals surface area (Å²) in [5.74, 6) is 0.786. The summed E-state index contributed by atoms with van der Waals surface area (Å²) in [5.41, 5.74) is 0.670. The number of benzene rings is 1. The zero-order chi connectivity index (χ0) is 14.7. The highest BCUT2D eigenvalue weighted by Gasteiger charge is 2.22. The van der Waals surface area contributed by atoms with Crippen molar-refractivity contribution < 1.29 is 9.53 Å². The van der Waals surface area contributed by atoms with E-state index in [1.54, 1.807) is 0 Å². The number of ether oxygens (including phenoxy) is 1. The molecule has 1 aliphatic rings. The fraction of sp³-hybridized carbons (Fsp3) is 0.533. The molecule has 1 fully saturated rings. The maximum Gasteiger partial charge on any atom is 0.254 e. The second-order valence-electron chi connectivity index (χ2n) is 5.45. The van der Waals surface area contributed by atoms with Gasteiger partial charge in [-0.2, -0.15) is 0 Å². The number of hydrogen-bond donors (Lipinski definition) is 1. The third-order valence-electron chi connectivity index (χ3n) is 3.15. The van der Waals surface area contributed by atoms with Crippen molar-refractivity contribution in [2.75, 3.05) is 19.6 Å². The highest BCUT2D eigenvalue weighted by molar-refractivity contribution is 9.10. The molecule has 4 nitrogen and oxygen atoms in total. The predicted molar refractivity (Wildman–Crippen MR) is 90.5 cm³/mol. The summed E-state index contributed by atoms with van der Waals surface area (Å²) in [6.07, 6.45) is 0.0893. The van der Waals surface area contributed by atoms with Gasteiger partial charge >= 0.3 is 0 Å². The molecule has 0 aliphatic carbocycles. The van der Waals surface area contributed by atoms with Crippen molar-refractivity contribution in [3.63, 3.8) is 0 Å². The van der Waals surface area contributed by atoms with Gasteiger partial charge in [-0.25, -0.2) is 0 Å². The Hall–Kier alpha value is -0.780. The number of rotatable bonds is 3. The molecule has 0 bridgehead atoms. The maximum atomic E-state index is 12.6. The van der Waals surface area contributed by atoms with Crippen LogP contribution in [0.1, 0.15) is 31.1 Å². The highest BCUT2D eigenvalue weighted by atomic mass is 79.9. The van der Waals surface area contributed by atoms with Crippen LogP contribution in [0.3, 0.4) is 0 Å². The van der Waals surface area contributed by atoms with E-state index in [-0.39, 0.29) is 24.4 Å². The molecule has 2 rings (SSSR count). The second kappa shape index (κ2) is 8.01. The topological polar surface area (TPSA) is 41.6 Å². The van der Waals surface area contributed by atoms with Gasteiger partial charge in [0.2, 0.25) is 0 Å². The number of halogens is 2. The molecule has 0 aromatic heterocycles. The molecule has 1 amide bonds. The predicted octanol–water partition coefficient (Wildman–Crippen LogP) is 3.09. The van der Waals surface area contributed by atoms with Crippen molar-refractivity contribution in [3.05, 3.63) is 28.2 Å². The van der Waals surface area contributed by atoms with E-state index in [1.165, 1.54) is 0 Å². The summed E-state index contributed by atoms with van der Waals surface area (Å²) in [4.78, 5) is 14.4. The first-order valence-corrected chi connectivity index (χ1v) is 7.75. The number of hydrogen-bond acceptors (Lipinski definition) is 3. The number of piperazine rings is 1. The van der Waals surface area contributed by atoms with Crippen LogP contribution in [0, 0.1) is 0 Å². The first kappa shape index (κ1) is 18.3. The maximum absolute atomic E-state index is 12.6. The van der Waals surface area contributed by atoms with Crippen molar-refractivity contribution >= 4 is 34.2 Å². The molecule has 1 aromatic rings. The molecule has 1 aromatic carbocycles. The monoisotopic (exact) mass is 376 g/mol. The van der Waals surface area contributed by atoms with E-state index in [4.69, 9.17) is 4.74 Å². The van der Waals surface area contributed by atoms with Gasteiger partial charge in [0.1, 0.15) is 5.75 Å².